The Morgan fingerprint density at radius 3 is 1.83 bits per heavy atom. The molecule has 2 rings (SSSR count). The van der Waals surface area contributed by atoms with E-state index in [1.807, 2.05) is 0 Å². The maximum Gasteiger partial charge on any atom is 0.303 e. The maximum absolute atomic E-state index is 11.8. The number of hydrogen-bond acceptors (Lipinski definition) is 11. The van der Waals surface area contributed by atoms with Crippen LogP contribution in [0.4, 0.5) is 0 Å². The van der Waals surface area contributed by atoms with Gasteiger partial charge in [-0.25, -0.2) is 0 Å². The monoisotopic (exact) mass is 431 g/mol. The van der Waals surface area contributed by atoms with Gasteiger partial charge in [0, 0.05) is 40.8 Å². The molecule has 30 heavy (non-hydrogen) atoms. The van der Waals surface area contributed by atoms with Gasteiger partial charge in [0.05, 0.1) is 0 Å². The molecule has 0 bridgehead atoms. The highest BCUT2D eigenvalue weighted by Gasteiger charge is 2.53. The Kier molecular flexibility index (Phi) is 9.00. The molecular formula is C19H29NO10. The van der Waals surface area contributed by atoms with E-state index < -0.39 is 54.6 Å². The van der Waals surface area contributed by atoms with Crippen molar-refractivity contribution in [3.05, 3.63) is 0 Å². The van der Waals surface area contributed by atoms with Crippen molar-refractivity contribution in [2.24, 2.45) is 0 Å². The van der Waals surface area contributed by atoms with Crippen LogP contribution in [0, 0.1) is 0 Å². The van der Waals surface area contributed by atoms with Gasteiger partial charge in [-0.05, 0) is 12.8 Å². The minimum absolute atomic E-state index is 0.280. The molecule has 170 valence electrons. The first-order valence-corrected chi connectivity index (χ1v) is 9.89. The van der Waals surface area contributed by atoms with E-state index in [2.05, 4.69) is 0 Å². The second-order valence-corrected chi connectivity index (χ2v) is 7.16. The van der Waals surface area contributed by atoms with Gasteiger partial charge in [0.15, 0.2) is 18.3 Å². The Morgan fingerprint density at radius 1 is 0.767 bits per heavy atom. The SMILES string of the molecule is CC(=O)OC[C@H]1O[C@@H](ON2CCCCC2)[C@H](OC(C)=O)[C@@H](OC(C)=O)[C@@H]1OC(C)=O. The molecule has 11 nitrogen and oxygen atoms in total. The van der Waals surface area contributed by atoms with E-state index >= 15 is 0 Å². The van der Waals surface area contributed by atoms with Gasteiger partial charge in [0.2, 0.25) is 6.29 Å². The summed E-state index contributed by atoms with van der Waals surface area (Å²) in [7, 11) is 0. The van der Waals surface area contributed by atoms with Crippen LogP contribution in [-0.4, -0.2) is 79.3 Å². The van der Waals surface area contributed by atoms with Gasteiger partial charge in [-0.15, -0.1) is 0 Å². The zero-order valence-electron chi connectivity index (χ0n) is 17.7. The average molecular weight is 431 g/mol. The summed E-state index contributed by atoms with van der Waals surface area (Å²) < 4.78 is 26.9. The van der Waals surface area contributed by atoms with E-state index in [0.29, 0.717) is 13.1 Å². The highest BCUT2D eigenvalue weighted by Crippen LogP contribution is 2.30. The normalized spacial score (nSPS) is 29.5. The highest BCUT2D eigenvalue weighted by molar-refractivity contribution is 5.68. The molecule has 0 radical (unpaired) electrons. The molecule has 0 saturated carbocycles. The quantitative estimate of drug-likeness (QED) is 0.413. The van der Waals surface area contributed by atoms with Crippen LogP contribution in [0.5, 0.6) is 0 Å². The molecular weight excluding hydrogens is 402 g/mol. The number of piperidine rings is 1. The van der Waals surface area contributed by atoms with E-state index in [-0.39, 0.29) is 6.61 Å². The Hall–Kier alpha value is -2.24. The molecule has 2 saturated heterocycles. The molecule has 0 N–H and O–H groups in total. The number of nitrogens with zero attached hydrogens (tertiary/aromatic N) is 1. The lowest BCUT2D eigenvalue weighted by molar-refractivity contribution is -0.365. The molecule has 0 aromatic carbocycles. The lowest BCUT2D eigenvalue weighted by Crippen LogP contribution is -2.63. The summed E-state index contributed by atoms with van der Waals surface area (Å²) in [5.74, 6) is -2.59. The molecule has 2 heterocycles. The number of hydrogen-bond donors (Lipinski definition) is 0. The predicted octanol–water partition coefficient (Wildman–Crippen LogP) is 0.487. The van der Waals surface area contributed by atoms with Crippen molar-refractivity contribution in [1.29, 1.82) is 0 Å². The van der Waals surface area contributed by atoms with Crippen molar-refractivity contribution in [3.8, 4) is 0 Å². The third-order valence-electron chi connectivity index (χ3n) is 4.52. The topological polar surface area (TPSA) is 127 Å². The van der Waals surface area contributed by atoms with Gasteiger partial charge in [-0.1, -0.05) is 6.42 Å². The van der Waals surface area contributed by atoms with Crippen LogP contribution in [0.2, 0.25) is 0 Å². The number of hydroxylamine groups is 2. The molecule has 0 spiro atoms. The van der Waals surface area contributed by atoms with Gasteiger partial charge < -0.3 is 23.7 Å². The van der Waals surface area contributed by atoms with Gasteiger partial charge >= 0.3 is 23.9 Å². The van der Waals surface area contributed by atoms with Crippen molar-refractivity contribution in [3.63, 3.8) is 0 Å². The molecule has 0 amide bonds. The Bertz CT molecular complexity index is 633. The van der Waals surface area contributed by atoms with Crippen LogP contribution in [0.25, 0.3) is 0 Å². The van der Waals surface area contributed by atoms with Gasteiger partial charge in [0.1, 0.15) is 12.7 Å². The second-order valence-electron chi connectivity index (χ2n) is 7.16. The van der Waals surface area contributed by atoms with Crippen LogP contribution in [0.3, 0.4) is 0 Å². The molecule has 0 unspecified atom stereocenters. The predicted molar refractivity (Wildman–Crippen MR) is 98.5 cm³/mol. The lowest BCUT2D eigenvalue weighted by atomic mass is 9.98. The second kappa shape index (κ2) is 11.2. The molecule has 5 atom stereocenters. The number of esters is 4. The van der Waals surface area contributed by atoms with Crippen molar-refractivity contribution < 1.29 is 47.7 Å². The van der Waals surface area contributed by atoms with Crippen LogP contribution >= 0.6 is 0 Å². The number of ether oxygens (including phenoxy) is 5. The van der Waals surface area contributed by atoms with E-state index in [4.69, 9.17) is 28.5 Å². The first-order valence-electron chi connectivity index (χ1n) is 9.89. The molecule has 0 aliphatic carbocycles. The van der Waals surface area contributed by atoms with E-state index in [9.17, 15) is 19.2 Å². The summed E-state index contributed by atoms with van der Waals surface area (Å²) in [6, 6.07) is 0. The Morgan fingerprint density at radius 2 is 1.30 bits per heavy atom. The van der Waals surface area contributed by atoms with Crippen LogP contribution in [0.15, 0.2) is 0 Å². The summed E-state index contributed by atoms with van der Waals surface area (Å²) in [6.45, 7) is 5.76. The third kappa shape index (κ3) is 7.22. The summed E-state index contributed by atoms with van der Waals surface area (Å²) in [6.07, 6.45) is -2.87. The van der Waals surface area contributed by atoms with Gasteiger partial charge in [-0.2, -0.15) is 5.06 Å². The fraction of sp³-hybridized carbons (Fsp3) is 0.789. The third-order valence-corrected chi connectivity index (χ3v) is 4.52. The summed E-state index contributed by atoms with van der Waals surface area (Å²) >= 11 is 0. The summed E-state index contributed by atoms with van der Waals surface area (Å²) in [5, 5.41) is 1.69. The zero-order chi connectivity index (χ0) is 22.3. The largest absolute Gasteiger partial charge is 0.463 e. The minimum atomic E-state index is -1.22. The summed E-state index contributed by atoms with van der Waals surface area (Å²) in [4.78, 5) is 52.4. The van der Waals surface area contributed by atoms with Crippen molar-refractivity contribution in [2.45, 2.75) is 77.7 Å². The standard InChI is InChI=1S/C19H29NO10/c1-11(21)25-10-15-16(26-12(2)22)17(27-13(3)23)18(28-14(4)24)19(29-15)30-20-8-6-5-7-9-20/h15-19H,5-10H2,1-4H3/t15-,16-,17+,18-,19+/m1/s1. The molecule has 0 aromatic heterocycles. The first-order chi connectivity index (χ1) is 14.2. The lowest BCUT2D eigenvalue weighted by Gasteiger charge is -2.45. The fourth-order valence-electron chi connectivity index (χ4n) is 3.39. The summed E-state index contributed by atoms with van der Waals surface area (Å²) in [5.41, 5.74) is 0. The number of carbonyl (C=O) groups is 4. The van der Waals surface area contributed by atoms with Crippen molar-refractivity contribution in [2.75, 3.05) is 19.7 Å². The molecule has 0 aromatic rings. The smallest absolute Gasteiger partial charge is 0.303 e. The minimum Gasteiger partial charge on any atom is -0.463 e. The van der Waals surface area contributed by atoms with Crippen molar-refractivity contribution in [1.82, 2.24) is 5.06 Å². The zero-order valence-corrected chi connectivity index (χ0v) is 17.7. The molecule has 2 aliphatic heterocycles. The van der Waals surface area contributed by atoms with Crippen LogP contribution < -0.4 is 0 Å². The van der Waals surface area contributed by atoms with Gasteiger partial charge in [0.25, 0.3) is 0 Å². The van der Waals surface area contributed by atoms with E-state index in [1.165, 1.54) is 27.7 Å². The van der Waals surface area contributed by atoms with Crippen LogP contribution in [-0.2, 0) is 47.7 Å². The highest BCUT2D eigenvalue weighted by atomic mass is 16.8. The first kappa shape index (κ1) is 24.0. The average Bonchev–Trinajstić information content (AvgIpc) is 2.64. The molecule has 11 heteroatoms. The van der Waals surface area contributed by atoms with Gasteiger partial charge in [-0.3, -0.25) is 24.0 Å². The Balaban J connectivity index is 2.34. The fourth-order valence-corrected chi connectivity index (χ4v) is 3.39. The van der Waals surface area contributed by atoms with Crippen molar-refractivity contribution >= 4 is 23.9 Å². The molecule has 2 aliphatic rings. The number of carbonyl (C=O) groups excluding carboxylic acids is 4. The maximum atomic E-state index is 11.8. The van der Waals surface area contributed by atoms with E-state index in [0.717, 1.165) is 19.3 Å². The van der Waals surface area contributed by atoms with E-state index in [1.54, 1.807) is 5.06 Å². The number of rotatable bonds is 7. The van der Waals surface area contributed by atoms with Crippen LogP contribution in [0.1, 0.15) is 47.0 Å². The Labute approximate surface area is 174 Å². The molecule has 2 fully saturated rings.